The van der Waals surface area contributed by atoms with Crippen molar-refractivity contribution in [3.05, 3.63) is 29.3 Å². The molecular formula is C16H23ClIN3O2. The molecule has 2 aliphatic heterocycles. The van der Waals surface area contributed by atoms with E-state index in [1.807, 2.05) is 24.3 Å². The summed E-state index contributed by atoms with van der Waals surface area (Å²) in [6.45, 7) is 1.25. The van der Waals surface area contributed by atoms with Crippen LogP contribution >= 0.6 is 35.6 Å². The minimum Gasteiger partial charge on any atom is -0.492 e. The molecule has 0 spiro atoms. The third-order valence-corrected chi connectivity index (χ3v) is 4.38. The zero-order valence-corrected chi connectivity index (χ0v) is 16.2. The van der Waals surface area contributed by atoms with Gasteiger partial charge >= 0.3 is 0 Å². The number of guanidine groups is 1. The normalized spacial score (nSPS) is 25.8. The lowest BCUT2D eigenvalue weighted by Gasteiger charge is -2.22. The van der Waals surface area contributed by atoms with Crippen molar-refractivity contribution in [2.24, 2.45) is 4.99 Å². The van der Waals surface area contributed by atoms with E-state index in [1.165, 1.54) is 6.42 Å². The summed E-state index contributed by atoms with van der Waals surface area (Å²) in [4.78, 5) is 4.26. The number of hydrogen-bond donors (Lipinski definition) is 2. The van der Waals surface area contributed by atoms with Gasteiger partial charge in [0.1, 0.15) is 12.4 Å². The number of halogens is 2. The molecule has 3 rings (SSSR count). The average molecular weight is 452 g/mol. The molecule has 5 nitrogen and oxygen atoms in total. The molecule has 2 bridgehead atoms. The maximum Gasteiger partial charge on any atom is 0.191 e. The van der Waals surface area contributed by atoms with Crippen LogP contribution in [-0.4, -0.2) is 44.4 Å². The van der Waals surface area contributed by atoms with Crippen molar-refractivity contribution < 1.29 is 9.47 Å². The van der Waals surface area contributed by atoms with Gasteiger partial charge in [0.2, 0.25) is 0 Å². The first-order valence-corrected chi connectivity index (χ1v) is 8.13. The highest BCUT2D eigenvalue weighted by molar-refractivity contribution is 14.0. The Morgan fingerprint density at radius 3 is 2.74 bits per heavy atom. The Bertz CT molecular complexity index is 527. The zero-order chi connectivity index (χ0) is 15.4. The van der Waals surface area contributed by atoms with Gasteiger partial charge in [-0.15, -0.1) is 24.0 Å². The van der Waals surface area contributed by atoms with E-state index < -0.39 is 0 Å². The minimum atomic E-state index is 0. The molecular weight excluding hydrogens is 429 g/mol. The summed E-state index contributed by atoms with van der Waals surface area (Å²) >= 11 is 5.84. The van der Waals surface area contributed by atoms with E-state index in [0.29, 0.717) is 36.4 Å². The van der Waals surface area contributed by atoms with Gasteiger partial charge in [-0.2, -0.15) is 0 Å². The molecule has 0 aromatic heterocycles. The zero-order valence-electron chi connectivity index (χ0n) is 13.1. The first-order chi connectivity index (χ1) is 10.7. The highest BCUT2D eigenvalue weighted by Crippen LogP contribution is 2.34. The molecule has 2 N–H and O–H groups in total. The molecule has 23 heavy (non-hydrogen) atoms. The number of ether oxygens (including phenoxy) is 2. The van der Waals surface area contributed by atoms with Gasteiger partial charge < -0.3 is 20.1 Å². The van der Waals surface area contributed by atoms with Crippen LogP contribution in [0.3, 0.4) is 0 Å². The second-order valence-electron chi connectivity index (χ2n) is 5.66. The summed E-state index contributed by atoms with van der Waals surface area (Å²) in [6.07, 6.45) is 4.21. The molecule has 0 saturated carbocycles. The fourth-order valence-electron chi connectivity index (χ4n) is 3.03. The highest BCUT2D eigenvalue weighted by atomic mass is 127. The molecule has 128 valence electrons. The Labute approximate surface area is 159 Å². The summed E-state index contributed by atoms with van der Waals surface area (Å²) in [5, 5.41) is 7.43. The Hall–Kier alpha value is -0.730. The lowest BCUT2D eigenvalue weighted by molar-refractivity contribution is 0.0992. The third kappa shape index (κ3) is 5.12. The fraction of sp³-hybridized carbons (Fsp3) is 0.562. The molecule has 2 aliphatic rings. The number of rotatable bonds is 5. The molecule has 0 amide bonds. The maximum absolute atomic E-state index is 5.84. The molecule has 2 fully saturated rings. The van der Waals surface area contributed by atoms with E-state index in [4.69, 9.17) is 21.1 Å². The van der Waals surface area contributed by atoms with E-state index in [2.05, 4.69) is 15.6 Å². The van der Waals surface area contributed by atoms with Crippen molar-refractivity contribution in [3.8, 4) is 5.75 Å². The van der Waals surface area contributed by atoms with Crippen molar-refractivity contribution in [1.29, 1.82) is 0 Å². The molecule has 3 atom stereocenters. The number of benzene rings is 1. The van der Waals surface area contributed by atoms with Crippen LogP contribution in [-0.2, 0) is 4.74 Å². The fourth-order valence-corrected chi connectivity index (χ4v) is 3.16. The molecule has 7 heteroatoms. The van der Waals surface area contributed by atoms with Crippen LogP contribution in [0.4, 0.5) is 0 Å². The van der Waals surface area contributed by atoms with E-state index in [9.17, 15) is 0 Å². The van der Waals surface area contributed by atoms with Crippen molar-refractivity contribution in [3.63, 3.8) is 0 Å². The van der Waals surface area contributed by atoms with E-state index in [0.717, 1.165) is 24.6 Å². The van der Waals surface area contributed by atoms with E-state index in [1.54, 1.807) is 7.05 Å². The largest absolute Gasteiger partial charge is 0.492 e. The Balaban J connectivity index is 0.00000192. The van der Waals surface area contributed by atoms with Gasteiger partial charge in [-0.05, 0) is 43.5 Å². The SMILES string of the molecule is CN=C(NCCOc1ccc(Cl)cc1)NC1CC2CCC1O2.I. The van der Waals surface area contributed by atoms with Crippen LogP contribution in [0.15, 0.2) is 29.3 Å². The Kier molecular flexibility index (Phi) is 7.23. The minimum absolute atomic E-state index is 0. The first kappa shape index (κ1) is 18.6. The number of hydrogen-bond acceptors (Lipinski definition) is 3. The smallest absolute Gasteiger partial charge is 0.191 e. The van der Waals surface area contributed by atoms with Crippen molar-refractivity contribution in [2.45, 2.75) is 37.5 Å². The number of aliphatic imine (C=N–C) groups is 1. The highest BCUT2D eigenvalue weighted by Gasteiger charge is 2.41. The van der Waals surface area contributed by atoms with Gasteiger partial charge in [0.25, 0.3) is 0 Å². The second kappa shape index (κ2) is 8.94. The number of fused-ring (bicyclic) bond motifs is 2. The van der Waals surface area contributed by atoms with Gasteiger partial charge in [-0.25, -0.2) is 0 Å². The predicted octanol–water partition coefficient (Wildman–Crippen LogP) is 2.82. The summed E-state index contributed by atoms with van der Waals surface area (Å²) in [5.41, 5.74) is 0. The third-order valence-electron chi connectivity index (χ3n) is 4.13. The van der Waals surface area contributed by atoms with Crippen LogP contribution in [0.2, 0.25) is 5.02 Å². The maximum atomic E-state index is 5.84. The predicted molar refractivity (Wildman–Crippen MR) is 103 cm³/mol. The van der Waals surface area contributed by atoms with Crippen molar-refractivity contribution in [1.82, 2.24) is 10.6 Å². The van der Waals surface area contributed by atoms with Crippen LogP contribution < -0.4 is 15.4 Å². The molecule has 0 aliphatic carbocycles. The number of nitrogens with zero attached hydrogens (tertiary/aromatic N) is 1. The lowest BCUT2D eigenvalue weighted by Crippen LogP contribution is -2.48. The van der Waals surface area contributed by atoms with E-state index >= 15 is 0 Å². The molecule has 1 aromatic rings. The number of nitrogens with one attached hydrogen (secondary N) is 2. The van der Waals surface area contributed by atoms with Crippen LogP contribution in [0.25, 0.3) is 0 Å². The van der Waals surface area contributed by atoms with Crippen LogP contribution in [0.5, 0.6) is 5.75 Å². The van der Waals surface area contributed by atoms with Gasteiger partial charge in [0.15, 0.2) is 5.96 Å². The molecule has 0 radical (unpaired) electrons. The van der Waals surface area contributed by atoms with E-state index in [-0.39, 0.29) is 24.0 Å². The quantitative estimate of drug-likeness (QED) is 0.313. The summed E-state index contributed by atoms with van der Waals surface area (Å²) in [7, 11) is 1.78. The molecule has 3 unspecified atom stereocenters. The van der Waals surface area contributed by atoms with Gasteiger partial charge in [0, 0.05) is 12.1 Å². The summed E-state index contributed by atoms with van der Waals surface area (Å²) < 4.78 is 11.5. The molecule has 2 saturated heterocycles. The van der Waals surface area contributed by atoms with Crippen LogP contribution in [0.1, 0.15) is 19.3 Å². The van der Waals surface area contributed by atoms with Crippen LogP contribution in [0, 0.1) is 0 Å². The van der Waals surface area contributed by atoms with Crippen molar-refractivity contribution in [2.75, 3.05) is 20.2 Å². The molecule has 1 aromatic carbocycles. The van der Waals surface area contributed by atoms with Gasteiger partial charge in [-0.1, -0.05) is 11.6 Å². The Morgan fingerprint density at radius 2 is 2.13 bits per heavy atom. The Morgan fingerprint density at radius 1 is 1.35 bits per heavy atom. The van der Waals surface area contributed by atoms with Gasteiger partial charge in [0.05, 0.1) is 24.8 Å². The summed E-state index contributed by atoms with van der Waals surface area (Å²) in [6, 6.07) is 7.74. The second-order valence-corrected chi connectivity index (χ2v) is 6.10. The molecule has 2 heterocycles. The van der Waals surface area contributed by atoms with Gasteiger partial charge in [-0.3, -0.25) is 4.99 Å². The monoisotopic (exact) mass is 451 g/mol. The standard InChI is InChI=1S/C16H22ClN3O2.HI/c1-18-16(20-14-10-13-6-7-15(14)22-13)19-8-9-21-12-4-2-11(17)3-5-12;/h2-5,13-15H,6-10H2,1H3,(H2,18,19,20);1H. The average Bonchev–Trinajstić information content (AvgIpc) is 3.14. The first-order valence-electron chi connectivity index (χ1n) is 7.75. The topological polar surface area (TPSA) is 54.9 Å². The van der Waals surface area contributed by atoms with Crippen molar-refractivity contribution >= 4 is 41.5 Å². The summed E-state index contributed by atoms with van der Waals surface area (Å²) in [5.74, 6) is 1.62. The lowest BCUT2D eigenvalue weighted by atomic mass is 9.96.